The largest absolute Gasteiger partial charge is 0.0654 e. The van der Waals surface area contributed by atoms with Gasteiger partial charge >= 0.3 is 0 Å². The third kappa shape index (κ3) is 4.00. The molecule has 3 unspecified atom stereocenters. The molecule has 0 spiro atoms. The highest BCUT2D eigenvalue weighted by atomic mass is 14.4. The quantitative estimate of drug-likeness (QED) is 0.561. The predicted octanol–water partition coefficient (Wildman–Crippen LogP) is 5.91. The highest BCUT2D eigenvalue weighted by Gasteiger charge is 2.39. The molecule has 1 aliphatic carbocycles. The summed E-state index contributed by atoms with van der Waals surface area (Å²) in [5.41, 5.74) is 1.01. The molecule has 0 aromatic carbocycles. The molecule has 1 saturated carbocycles. The van der Waals surface area contributed by atoms with Gasteiger partial charge in [-0.1, -0.05) is 61.3 Å². The van der Waals surface area contributed by atoms with Gasteiger partial charge in [0.2, 0.25) is 0 Å². The second-order valence-electron chi connectivity index (χ2n) is 8.40. The third-order valence-corrected chi connectivity index (χ3v) is 4.98. The van der Waals surface area contributed by atoms with Crippen molar-refractivity contribution in [1.82, 2.24) is 0 Å². The molecular weight excluding hydrogens is 204 g/mol. The Morgan fingerprint density at radius 1 is 0.882 bits per heavy atom. The van der Waals surface area contributed by atoms with Crippen molar-refractivity contribution in [2.75, 3.05) is 0 Å². The van der Waals surface area contributed by atoms with Crippen molar-refractivity contribution < 1.29 is 0 Å². The van der Waals surface area contributed by atoms with Crippen LogP contribution in [0.1, 0.15) is 80.6 Å². The highest BCUT2D eigenvalue weighted by molar-refractivity contribution is 4.89. The standard InChI is InChI=1S/C17H34/c1-8-9-13-12-14(16(2,3)4)10-11-15(13)17(5,6)7/h13-15H,8-12H2,1-7H3. The van der Waals surface area contributed by atoms with Crippen molar-refractivity contribution in [2.24, 2.45) is 28.6 Å². The zero-order valence-electron chi connectivity index (χ0n) is 13.3. The van der Waals surface area contributed by atoms with Crippen molar-refractivity contribution in [3.8, 4) is 0 Å². The minimum absolute atomic E-state index is 0.503. The normalized spacial score (nSPS) is 31.6. The molecule has 0 saturated heterocycles. The SMILES string of the molecule is CCCC1CC(C(C)(C)C)CCC1C(C)(C)C. The number of rotatable bonds is 2. The van der Waals surface area contributed by atoms with E-state index in [1.807, 2.05) is 0 Å². The van der Waals surface area contributed by atoms with Crippen LogP contribution in [-0.2, 0) is 0 Å². The molecule has 1 aliphatic rings. The lowest BCUT2D eigenvalue weighted by Crippen LogP contribution is -2.37. The molecule has 17 heavy (non-hydrogen) atoms. The molecule has 0 heteroatoms. The van der Waals surface area contributed by atoms with Crippen molar-refractivity contribution in [1.29, 1.82) is 0 Å². The van der Waals surface area contributed by atoms with Gasteiger partial charge in [-0.25, -0.2) is 0 Å². The average Bonchev–Trinajstić information content (AvgIpc) is 2.15. The first kappa shape index (κ1) is 15.1. The number of hydrogen-bond acceptors (Lipinski definition) is 0. The van der Waals surface area contributed by atoms with Gasteiger partial charge in [-0.3, -0.25) is 0 Å². The topological polar surface area (TPSA) is 0 Å². The fourth-order valence-corrected chi connectivity index (χ4v) is 3.88. The molecule has 102 valence electrons. The van der Waals surface area contributed by atoms with E-state index in [1.54, 1.807) is 0 Å². The smallest absolute Gasteiger partial charge is 0.0337 e. The molecule has 0 aliphatic heterocycles. The summed E-state index contributed by atoms with van der Waals surface area (Å²) in [6.07, 6.45) is 7.17. The molecule has 0 nitrogen and oxygen atoms in total. The minimum atomic E-state index is 0.503. The third-order valence-electron chi connectivity index (χ3n) is 4.98. The molecule has 0 aromatic heterocycles. The van der Waals surface area contributed by atoms with Crippen LogP contribution in [0.25, 0.3) is 0 Å². The van der Waals surface area contributed by atoms with Crippen LogP contribution in [0, 0.1) is 28.6 Å². The summed E-state index contributed by atoms with van der Waals surface area (Å²) < 4.78 is 0. The molecule has 0 aromatic rings. The summed E-state index contributed by atoms with van der Waals surface area (Å²) >= 11 is 0. The molecule has 3 atom stereocenters. The van der Waals surface area contributed by atoms with Gasteiger partial charge < -0.3 is 0 Å². The van der Waals surface area contributed by atoms with Crippen molar-refractivity contribution >= 4 is 0 Å². The van der Waals surface area contributed by atoms with E-state index in [-0.39, 0.29) is 0 Å². The summed E-state index contributed by atoms with van der Waals surface area (Å²) in [5.74, 6) is 2.86. The lowest BCUT2D eigenvalue weighted by molar-refractivity contribution is 0.0361. The molecule has 0 amide bonds. The Balaban J connectivity index is 2.74. The summed E-state index contributed by atoms with van der Waals surface area (Å²) in [7, 11) is 0. The molecule has 1 rings (SSSR count). The van der Waals surface area contributed by atoms with E-state index >= 15 is 0 Å². The maximum atomic E-state index is 2.44. The Morgan fingerprint density at radius 3 is 1.88 bits per heavy atom. The Kier molecular flexibility index (Phi) is 4.72. The molecule has 0 bridgehead atoms. The molecule has 1 fully saturated rings. The fourth-order valence-electron chi connectivity index (χ4n) is 3.88. The van der Waals surface area contributed by atoms with Crippen LogP contribution in [0.15, 0.2) is 0 Å². The van der Waals surface area contributed by atoms with Gasteiger partial charge in [0.25, 0.3) is 0 Å². The van der Waals surface area contributed by atoms with Crippen molar-refractivity contribution in [3.05, 3.63) is 0 Å². The van der Waals surface area contributed by atoms with Gasteiger partial charge in [0.15, 0.2) is 0 Å². The van der Waals surface area contributed by atoms with Crippen molar-refractivity contribution in [2.45, 2.75) is 80.6 Å². The van der Waals surface area contributed by atoms with Gasteiger partial charge in [0, 0.05) is 0 Å². The lowest BCUT2D eigenvalue weighted by atomic mass is 9.59. The second kappa shape index (κ2) is 5.33. The fraction of sp³-hybridized carbons (Fsp3) is 1.00. The van der Waals surface area contributed by atoms with E-state index in [0.717, 1.165) is 17.8 Å². The van der Waals surface area contributed by atoms with Crippen LogP contribution < -0.4 is 0 Å². The van der Waals surface area contributed by atoms with E-state index in [4.69, 9.17) is 0 Å². The van der Waals surface area contributed by atoms with E-state index in [1.165, 1.54) is 32.1 Å². The van der Waals surface area contributed by atoms with E-state index < -0.39 is 0 Å². The molecule has 0 N–H and O–H groups in total. The summed E-state index contributed by atoms with van der Waals surface area (Å²) in [6, 6.07) is 0. The van der Waals surface area contributed by atoms with Gasteiger partial charge in [-0.2, -0.15) is 0 Å². The van der Waals surface area contributed by atoms with Crippen LogP contribution in [0.5, 0.6) is 0 Å². The van der Waals surface area contributed by atoms with Crippen LogP contribution >= 0.6 is 0 Å². The molecular formula is C17H34. The Hall–Kier alpha value is 0. The second-order valence-corrected chi connectivity index (χ2v) is 8.40. The Bertz CT molecular complexity index is 225. The van der Waals surface area contributed by atoms with Gasteiger partial charge in [0.1, 0.15) is 0 Å². The zero-order chi connectivity index (χ0) is 13.3. The first-order valence-corrected chi connectivity index (χ1v) is 7.66. The zero-order valence-corrected chi connectivity index (χ0v) is 13.3. The Labute approximate surface area is 110 Å². The average molecular weight is 238 g/mol. The van der Waals surface area contributed by atoms with Crippen LogP contribution in [0.2, 0.25) is 0 Å². The first-order chi connectivity index (χ1) is 7.66. The minimum Gasteiger partial charge on any atom is -0.0654 e. The van der Waals surface area contributed by atoms with Gasteiger partial charge in [-0.15, -0.1) is 0 Å². The van der Waals surface area contributed by atoms with Crippen LogP contribution in [-0.4, -0.2) is 0 Å². The maximum absolute atomic E-state index is 2.44. The molecule has 0 heterocycles. The number of hydrogen-bond donors (Lipinski definition) is 0. The first-order valence-electron chi connectivity index (χ1n) is 7.66. The van der Waals surface area contributed by atoms with Crippen LogP contribution in [0.4, 0.5) is 0 Å². The van der Waals surface area contributed by atoms with Crippen molar-refractivity contribution in [3.63, 3.8) is 0 Å². The predicted molar refractivity (Wildman–Crippen MR) is 78.1 cm³/mol. The summed E-state index contributed by atoms with van der Waals surface area (Å²) in [4.78, 5) is 0. The monoisotopic (exact) mass is 238 g/mol. The van der Waals surface area contributed by atoms with E-state index in [0.29, 0.717) is 10.8 Å². The summed E-state index contributed by atoms with van der Waals surface area (Å²) in [5, 5.41) is 0. The lowest BCUT2D eigenvalue weighted by Gasteiger charge is -2.46. The summed E-state index contributed by atoms with van der Waals surface area (Å²) in [6.45, 7) is 17.0. The van der Waals surface area contributed by atoms with E-state index in [2.05, 4.69) is 48.5 Å². The van der Waals surface area contributed by atoms with E-state index in [9.17, 15) is 0 Å². The Morgan fingerprint density at radius 2 is 1.47 bits per heavy atom. The molecule has 0 radical (unpaired) electrons. The highest BCUT2D eigenvalue weighted by Crippen LogP contribution is 2.49. The van der Waals surface area contributed by atoms with Crippen LogP contribution in [0.3, 0.4) is 0 Å². The van der Waals surface area contributed by atoms with Gasteiger partial charge in [-0.05, 0) is 47.8 Å². The van der Waals surface area contributed by atoms with Gasteiger partial charge in [0.05, 0.1) is 0 Å². The maximum Gasteiger partial charge on any atom is -0.0337 e.